The first kappa shape index (κ1) is 31.3. The molecule has 1 aromatic heterocycles. The summed E-state index contributed by atoms with van der Waals surface area (Å²) in [5, 5.41) is 3.99. The van der Waals surface area contributed by atoms with E-state index in [-0.39, 0.29) is 27.3 Å². The van der Waals surface area contributed by atoms with E-state index in [9.17, 15) is 9.59 Å². The number of pyridine rings is 1. The van der Waals surface area contributed by atoms with Crippen LogP contribution in [0.15, 0.2) is 67.3 Å². The second kappa shape index (κ2) is 13.7. The van der Waals surface area contributed by atoms with Crippen LogP contribution in [-0.2, 0) is 11.2 Å². The molecule has 0 bridgehead atoms. The van der Waals surface area contributed by atoms with Crippen LogP contribution in [0.25, 0.3) is 10.9 Å². The van der Waals surface area contributed by atoms with Gasteiger partial charge in [0, 0.05) is 66.7 Å². The van der Waals surface area contributed by atoms with Gasteiger partial charge in [0.25, 0.3) is 0 Å². The molecule has 0 unspecified atom stereocenters. The van der Waals surface area contributed by atoms with Crippen molar-refractivity contribution < 1.29 is 19.1 Å². The van der Waals surface area contributed by atoms with Crippen molar-refractivity contribution in [1.82, 2.24) is 9.88 Å². The van der Waals surface area contributed by atoms with Crippen molar-refractivity contribution in [3.8, 4) is 11.5 Å². The summed E-state index contributed by atoms with van der Waals surface area (Å²) in [7, 11) is 2.92. The molecular weight excluding hydrogens is 599 g/mol. The number of hydrogen-bond donors (Lipinski definition) is 1. The fourth-order valence-corrected chi connectivity index (χ4v) is 6.04. The number of rotatable bonds is 10. The third kappa shape index (κ3) is 6.53. The van der Waals surface area contributed by atoms with E-state index in [1.54, 1.807) is 24.3 Å². The van der Waals surface area contributed by atoms with Crippen LogP contribution in [0.2, 0.25) is 10.0 Å². The Bertz CT molecular complexity index is 1710. The van der Waals surface area contributed by atoms with Crippen LogP contribution < -0.4 is 19.7 Å². The topological polar surface area (TPSA) is 84.0 Å². The minimum absolute atomic E-state index is 0.109. The average molecular weight is 634 g/mol. The van der Waals surface area contributed by atoms with Gasteiger partial charge in [-0.3, -0.25) is 14.6 Å². The molecule has 10 heteroatoms. The van der Waals surface area contributed by atoms with Gasteiger partial charge in [0.15, 0.2) is 5.78 Å². The van der Waals surface area contributed by atoms with Gasteiger partial charge >= 0.3 is 0 Å². The first-order valence-electron chi connectivity index (χ1n) is 14.3. The molecule has 0 aliphatic carbocycles. The number of benzene rings is 3. The normalized spacial score (nSPS) is 13.5. The molecule has 1 amide bonds. The summed E-state index contributed by atoms with van der Waals surface area (Å²) in [6.07, 6.45) is 1.77. The SMILES string of the molecule is C=CC(=O)Nc1cc(N2CCN(CC)CC2)ccc1Cc1ccc2cc(C(=O)c3c(Cl)c(OC)cc(OC)c3Cl)ccc2n1. The summed E-state index contributed by atoms with van der Waals surface area (Å²) in [6, 6.07) is 16.8. The van der Waals surface area contributed by atoms with E-state index in [4.69, 9.17) is 37.7 Å². The molecule has 3 aromatic carbocycles. The molecule has 228 valence electrons. The second-order valence-corrected chi connectivity index (χ2v) is 11.2. The molecule has 44 heavy (non-hydrogen) atoms. The first-order valence-corrected chi connectivity index (χ1v) is 15.1. The lowest BCUT2D eigenvalue weighted by Crippen LogP contribution is -2.46. The summed E-state index contributed by atoms with van der Waals surface area (Å²) in [5.41, 5.74) is 4.79. The summed E-state index contributed by atoms with van der Waals surface area (Å²) >= 11 is 13.0. The van der Waals surface area contributed by atoms with Crippen molar-refractivity contribution in [1.29, 1.82) is 0 Å². The van der Waals surface area contributed by atoms with Crippen LogP contribution in [0.5, 0.6) is 11.5 Å². The molecular formula is C34H34Cl2N4O4. The maximum Gasteiger partial charge on any atom is 0.247 e. The Balaban J connectivity index is 1.41. The quantitative estimate of drug-likeness (QED) is 0.155. The lowest BCUT2D eigenvalue weighted by molar-refractivity contribution is -0.111. The Morgan fingerprint density at radius 2 is 1.66 bits per heavy atom. The smallest absolute Gasteiger partial charge is 0.247 e. The summed E-state index contributed by atoms with van der Waals surface area (Å²) < 4.78 is 10.6. The molecule has 2 heterocycles. The van der Waals surface area contributed by atoms with Crippen LogP contribution in [0.4, 0.5) is 11.4 Å². The van der Waals surface area contributed by atoms with Gasteiger partial charge < -0.3 is 24.6 Å². The summed E-state index contributed by atoms with van der Waals surface area (Å²) in [6.45, 7) is 10.7. The predicted molar refractivity (Wildman–Crippen MR) is 177 cm³/mol. The van der Waals surface area contributed by atoms with Crippen LogP contribution in [-0.4, -0.2) is 68.5 Å². The molecule has 1 N–H and O–H groups in total. The monoisotopic (exact) mass is 632 g/mol. The number of nitrogens with zero attached hydrogens (tertiary/aromatic N) is 3. The standard InChI is InChI=1S/C34H34Cl2N4O4/c1-5-30(41)38-27-19-25(40-15-13-39(6-2)14-16-40)11-8-22(27)18-24-10-7-21-17-23(9-12-26(21)37-24)34(42)31-32(35)28(43-3)20-29(44-4)33(31)36/h5,7-12,17,19-20H,1,6,13-16,18H2,2-4H3,(H,38,41). The van der Waals surface area contributed by atoms with Gasteiger partial charge in [-0.05, 0) is 54.6 Å². The Labute approximate surface area is 267 Å². The Morgan fingerprint density at radius 1 is 0.955 bits per heavy atom. The second-order valence-electron chi connectivity index (χ2n) is 10.5. The van der Waals surface area contributed by atoms with Crippen molar-refractivity contribution in [3.63, 3.8) is 0 Å². The number of ketones is 1. The zero-order chi connectivity index (χ0) is 31.4. The van der Waals surface area contributed by atoms with Crippen LogP contribution >= 0.6 is 23.2 Å². The highest BCUT2D eigenvalue weighted by Gasteiger charge is 2.24. The number of aromatic nitrogens is 1. The number of carbonyl (C=O) groups is 2. The van der Waals surface area contributed by atoms with Gasteiger partial charge in [-0.15, -0.1) is 0 Å². The molecule has 8 nitrogen and oxygen atoms in total. The third-order valence-electron chi connectivity index (χ3n) is 7.90. The fourth-order valence-electron chi connectivity index (χ4n) is 5.37. The summed E-state index contributed by atoms with van der Waals surface area (Å²) in [4.78, 5) is 35.5. The summed E-state index contributed by atoms with van der Waals surface area (Å²) in [5.74, 6) is -0.0445. The lowest BCUT2D eigenvalue weighted by atomic mass is 10.00. The molecule has 0 atom stereocenters. The van der Waals surface area contributed by atoms with Crippen molar-refractivity contribution >= 4 is 57.2 Å². The number of carbonyl (C=O) groups excluding carboxylic acids is 2. The van der Waals surface area contributed by atoms with E-state index in [0.29, 0.717) is 23.5 Å². The van der Waals surface area contributed by atoms with Crippen molar-refractivity contribution in [2.75, 3.05) is 57.2 Å². The molecule has 1 aliphatic rings. The number of piperazine rings is 1. The molecule has 0 spiro atoms. The van der Waals surface area contributed by atoms with Crippen molar-refractivity contribution in [3.05, 3.63) is 99.7 Å². The fraction of sp³-hybridized carbons (Fsp3) is 0.265. The largest absolute Gasteiger partial charge is 0.495 e. The zero-order valence-electron chi connectivity index (χ0n) is 25.0. The van der Waals surface area contributed by atoms with Gasteiger partial charge in [0.1, 0.15) is 11.5 Å². The third-order valence-corrected chi connectivity index (χ3v) is 8.65. The molecule has 1 fully saturated rings. The first-order chi connectivity index (χ1) is 21.3. The number of hydrogen-bond acceptors (Lipinski definition) is 7. The maximum absolute atomic E-state index is 13.6. The number of anilines is 2. The predicted octanol–water partition coefficient (Wildman–Crippen LogP) is 6.65. The minimum Gasteiger partial charge on any atom is -0.495 e. The van der Waals surface area contributed by atoms with Crippen molar-refractivity contribution in [2.24, 2.45) is 0 Å². The average Bonchev–Trinajstić information content (AvgIpc) is 3.05. The van der Waals surface area contributed by atoms with E-state index in [0.717, 1.165) is 66.3 Å². The highest BCUT2D eigenvalue weighted by atomic mass is 35.5. The molecule has 0 radical (unpaired) electrons. The van der Waals surface area contributed by atoms with Crippen LogP contribution in [0, 0.1) is 0 Å². The number of amides is 1. The number of ether oxygens (including phenoxy) is 2. The van der Waals surface area contributed by atoms with Gasteiger partial charge in [0.2, 0.25) is 5.91 Å². The Hall–Kier alpha value is -4.11. The number of halogens is 2. The number of likely N-dealkylation sites (N-methyl/N-ethyl adjacent to an activating group) is 1. The van der Waals surface area contributed by atoms with Gasteiger partial charge in [-0.1, -0.05) is 48.8 Å². The van der Waals surface area contributed by atoms with Crippen molar-refractivity contribution in [2.45, 2.75) is 13.3 Å². The molecule has 5 rings (SSSR count). The van der Waals surface area contributed by atoms with Crippen LogP contribution in [0.1, 0.15) is 34.1 Å². The minimum atomic E-state index is -0.359. The van der Waals surface area contributed by atoms with E-state index < -0.39 is 0 Å². The van der Waals surface area contributed by atoms with E-state index in [2.05, 4.69) is 34.7 Å². The lowest BCUT2D eigenvalue weighted by Gasteiger charge is -2.35. The Kier molecular flexibility index (Phi) is 9.74. The molecule has 1 aliphatic heterocycles. The number of fused-ring (bicyclic) bond motifs is 1. The zero-order valence-corrected chi connectivity index (χ0v) is 26.5. The van der Waals surface area contributed by atoms with Gasteiger partial charge in [0.05, 0.1) is 35.3 Å². The number of methoxy groups -OCH3 is 2. The molecule has 4 aromatic rings. The highest BCUT2D eigenvalue weighted by Crippen LogP contribution is 2.41. The maximum atomic E-state index is 13.6. The Morgan fingerprint density at radius 3 is 2.30 bits per heavy atom. The number of nitrogens with one attached hydrogen (secondary N) is 1. The van der Waals surface area contributed by atoms with E-state index in [1.165, 1.54) is 20.3 Å². The van der Waals surface area contributed by atoms with E-state index in [1.807, 2.05) is 24.3 Å². The van der Waals surface area contributed by atoms with E-state index >= 15 is 0 Å². The molecule has 1 saturated heterocycles. The van der Waals surface area contributed by atoms with Gasteiger partial charge in [-0.2, -0.15) is 0 Å². The van der Waals surface area contributed by atoms with Gasteiger partial charge in [-0.25, -0.2) is 0 Å². The highest BCUT2D eigenvalue weighted by molar-refractivity contribution is 6.42. The van der Waals surface area contributed by atoms with Crippen LogP contribution in [0.3, 0.4) is 0 Å². The molecule has 0 saturated carbocycles.